The Morgan fingerprint density at radius 2 is 2.24 bits per heavy atom. The summed E-state index contributed by atoms with van der Waals surface area (Å²) >= 11 is 0. The first kappa shape index (κ1) is 13.9. The van der Waals surface area contributed by atoms with Crippen molar-refractivity contribution in [2.45, 2.75) is 32.4 Å². The number of hydrogen-bond donors (Lipinski definition) is 3. The normalized spacial score (nSPS) is 23.8. The van der Waals surface area contributed by atoms with Crippen LogP contribution in [0.1, 0.15) is 20.3 Å². The topological polar surface area (TPSA) is 93.0 Å². The van der Waals surface area contributed by atoms with Crippen LogP contribution in [0.3, 0.4) is 0 Å². The Bertz CT molecular complexity index is 738. The monoisotopic (exact) mass is 288 g/mol. The van der Waals surface area contributed by atoms with Crippen LogP contribution in [0.2, 0.25) is 0 Å². The van der Waals surface area contributed by atoms with Gasteiger partial charge in [-0.15, -0.1) is 0 Å². The van der Waals surface area contributed by atoms with Gasteiger partial charge < -0.3 is 15.8 Å². The molecule has 4 N–H and O–H groups in total. The van der Waals surface area contributed by atoms with Gasteiger partial charge in [0.1, 0.15) is 0 Å². The van der Waals surface area contributed by atoms with E-state index in [-0.39, 0.29) is 23.1 Å². The van der Waals surface area contributed by atoms with Gasteiger partial charge in [-0.1, -0.05) is 13.8 Å². The van der Waals surface area contributed by atoms with Gasteiger partial charge in [-0.2, -0.15) is 0 Å². The summed E-state index contributed by atoms with van der Waals surface area (Å²) in [4.78, 5) is 19.3. The molecule has 0 spiro atoms. The van der Waals surface area contributed by atoms with E-state index in [1.165, 1.54) is 0 Å². The Morgan fingerprint density at radius 3 is 2.90 bits per heavy atom. The molecule has 1 heterocycles. The highest BCUT2D eigenvalue weighted by atomic mass is 16.5. The first-order chi connectivity index (χ1) is 9.91. The van der Waals surface area contributed by atoms with Crippen LogP contribution in [0.15, 0.2) is 23.0 Å². The molecular formula is C15H20N4O2. The molecule has 0 bridgehead atoms. The lowest BCUT2D eigenvalue weighted by Crippen LogP contribution is -2.58. The molecule has 2 aromatic rings. The Labute approximate surface area is 122 Å². The van der Waals surface area contributed by atoms with Crippen molar-refractivity contribution < 1.29 is 4.74 Å². The highest BCUT2D eigenvalue weighted by Crippen LogP contribution is 2.43. The Kier molecular flexibility index (Phi) is 3.13. The maximum absolute atomic E-state index is 12.1. The molecule has 1 aromatic heterocycles. The van der Waals surface area contributed by atoms with Gasteiger partial charge in [-0.25, -0.2) is 4.98 Å². The van der Waals surface area contributed by atoms with E-state index in [0.717, 1.165) is 6.42 Å². The van der Waals surface area contributed by atoms with Gasteiger partial charge in [0, 0.05) is 24.3 Å². The number of benzene rings is 1. The summed E-state index contributed by atoms with van der Waals surface area (Å²) in [5.41, 5.74) is 6.71. The summed E-state index contributed by atoms with van der Waals surface area (Å²) in [6, 6.07) is 5.36. The predicted octanol–water partition coefficient (Wildman–Crippen LogP) is 1.73. The SMILES string of the molecule is COC1CC(Nc2nc3ccc(N)cc3c(=O)[nH]2)C1(C)C. The maximum Gasteiger partial charge on any atom is 0.260 e. The van der Waals surface area contributed by atoms with Crippen LogP contribution < -0.4 is 16.6 Å². The van der Waals surface area contributed by atoms with Crippen molar-refractivity contribution in [1.82, 2.24) is 9.97 Å². The first-order valence-corrected chi connectivity index (χ1v) is 7.00. The minimum atomic E-state index is -0.185. The number of methoxy groups -OCH3 is 1. The highest BCUT2D eigenvalue weighted by molar-refractivity contribution is 5.81. The molecular weight excluding hydrogens is 268 g/mol. The molecule has 6 nitrogen and oxygen atoms in total. The van der Waals surface area contributed by atoms with E-state index in [1.807, 2.05) is 0 Å². The number of ether oxygens (including phenoxy) is 1. The molecule has 2 unspecified atom stereocenters. The number of H-pyrrole nitrogens is 1. The molecule has 1 saturated carbocycles. The fourth-order valence-corrected chi connectivity index (χ4v) is 2.92. The van der Waals surface area contributed by atoms with Crippen LogP contribution in [0.5, 0.6) is 0 Å². The second-order valence-electron chi connectivity index (χ2n) is 6.17. The number of aromatic nitrogens is 2. The molecule has 3 rings (SSSR count). The van der Waals surface area contributed by atoms with Crippen molar-refractivity contribution in [2.24, 2.45) is 5.41 Å². The lowest BCUT2D eigenvalue weighted by molar-refractivity contribution is -0.0796. The number of nitrogens with two attached hydrogens (primary N) is 1. The summed E-state index contributed by atoms with van der Waals surface area (Å²) in [6.45, 7) is 4.28. The minimum Gasteiger partial charge on any atom is -0.399 e. The third-order valence-electron chi connectivity index (χ3n) is 4.50. The molecule has 0 radical (unpaired) electrons. The number of fused-ring (bicyclic) bond motifs is 1. The molecule has 1 aliphatic carbocycles. The van der Waals surface area contributed by atoms with Crippen molar-refractivity contribution in [3.8, 4) is 0 Å². The van der Waals surface area contributed by atoms with Gasteiger partial charge in [0.15, 0.2) is 0 Å². The average molecular weight is 288 g/mol. The quantitative estimate of drug-likeness (QED) is 0.748. The fourth-order valence-electron chi connectivity index (χ4n) is 2.92. The van der Waals surface area contributed by atoms with Crippen LogP contribution in [0.4, 0.5) is 11.6 Å². The maximum atomic E-state index is 12.1. The molecule has 0 saturated heterocycles. The van der Waals surface area contributed by atoms with Gasteiger partial charge in [-0.05, 0) is 24.6 Å². The zero-order chi connectivity index (χ0) is 15.2. The van der Waals surface area contributed by atoms with E-state index in [1.54, 1.807) is 25.3 Å². The third kappa shape index (κ3) is 2.25. The van der Waals surface area contributed by atoms with E-state index >= 15 is 0 Å². The molecule has 112 valence electrons. The number of anilines is 2. The van der Waals surface area contributed by atoms with Crippen LogP contribution in [0.25, 0.3) is 10.9 Å². The van der Waals surface area contributed by atoms with Crippen molar-refractivity contribution >= 4 is 22.5 Å². The summed E-state index contributed by atoms with van der Waals surface area (Å²) < 4.78 is 5.43. The standard InChI is InChI=1S/C15H20N4O2/c1-15(2)11(7-12(15)21-3)18-14-17-10-5-4-8(16)6-9(10)13(20)19-14/h4-6,11-12H,7,16H2,1-3H3,(H2,17,18,19,20). The number of nitrogen functional groups attached to an aromatic ring is 1. The minimum absolute atomic E-state index is 0.00336. The summed E-state index contributed by atoms with van der Waals surface area (Å²) in [6.07, 6.45) is 1.12. The number of rotatable bonds is 3. The molecule has 0 aliphatic heterocycles. The largest absolute Gasteiger partial charge is 0.399 e. The van der Waals surface area contributed by atoms with Crippen LogP contribution in [-0.4, -0.2) is 29.2 Å². The van der Waals surface area contributed by atoms with Crippen LogP contribution in [0, 0.1) is 5.41 Å². The summed E-state index contributed by atoms with van der Waals surface area (Å²) in [7, 11) is 1.73. The average Bonchev–Trinajstić information content (AvgIpc) is 2.44. The molecule has 1 aliphatic rings. The number of aromatic amines is 1. The van der Waals surface area contributed by atoms with Crippen molar-refractivity contribution in [1.29, 1.82) is 0 Å². The van der Waals surface area contributed by atoms with Gasteiger partial charge in [0.25, 0.3) is 5.56 Å². The molecule has 0 amide bonds. The Hall–Kier alpha value is -2.08. The fraction of sp³-hybridized carbons (Fsp3) is 0.467. The number of hydrogen-bond acceptors (Lipinski definition) is 5. The third-order valence-corrected chi connectivity index (χ3v) is 4.50. The first-order valence-electron chi connectivity index (χ1n) is 7.00. The smallest absolute Gasteiger partial charge is 0.260 e. The van der Waals surface area contributed by atoms with E-state index in [4.69, 9.17) is 10.5 Å². The zero-order valence-corrected chi connectivity index (χ0v) is 12.4. The Balaban J connectivity index is 1.89. The van der Waals surface area contributed by atoms with E-state index in [9.17, 15) is 4.79 Å². The lowest BCUT2D eigenvalue weighted by Gasteiger charge is -2.51. The Morgan fingerprint density at radius 1 is 1.48 bits per heavy atom. The summed E-state index contributed by atoms with van der Waals surface area (Å²) in [5, 5.41) is 3.81. The molecule has 1 fully saturated rings. The van der Waals surface area contributed by atoms with Gasteiger partial charge in [0.05, 0.1) is 17.0 Å². The molecule has 1 aromatic carbocycles. The van der Waals surface area contributed by atoms with E-state index in [2.05, 4.69) is 29.1 Å². The number of nitrogens with one attached hydrogen (secondary N) is 2. The molecule has 6 heteroatoms. The van der Waals surface area contributed by atoms with Crippen LogP contribution in [-0.2, 0) is 4.74 Å². The van der Waals surface area contributed by atoms with Crippen molar-refractivity contribution in [3.63, 3.8) is 0 Å². The van der Waals surface area contributed by atoms with Crippen molar-refractivity contribution in [3.05, 3.63) is 28.6 Å². The van der Waals surface area contributed by atoms with Crippen molar-refractivity contribution in [2.75, 3.05) is 18.2 Å². The van der Waals surface area contributed by atoms with Crippen LogP contribution >= 0.6 is 0 Å². The lowest BCUT2D eigenvalue weighted by atomic mass is 9.64. The second kappa shape index (κ2) is 4.73. The highest BCUT2D eigenvalue weighted by Gasteiger charge is 2.48. The zero-order valence-electron chi connectivity index (χ0n) is 12.4. The van der Waals surface area contributed by atoms with Gasteiger partial charge >= 0.3 is 0 Å². The van der Waals surface area contributed by atoms with Gasteiger partial charge in [-0.3, -0.25) is 9.78 Å². The molecule has 2 atom stereocenters. The number of nitrogens with zero attached hydrogens (tertiary/aromatic N) is 1. The molecule has 21 heavy (non-hydrogen) atoms. The van der Waals surface area contributed by atoms with E-state index < -0.39 is 0 Å². The predicted molar refractivity (Wildman–Crippen MR) is 83.4 cm³/mol. The summed E-state index contributed by atoms with van der Waals surface area (Å²) in [5.74, 6) is 0.491. The van der Waals surface area contributed by atoms with E-state index in [0.29, 0.717) is 22.5 Å². The second-order valence-corrected chi connectivity index (χ2v) is 6.17. The van der Waals surface area contributed by atoms with Gasteiger partial charge in [0.2, 0.25) is 5.95 Å².